The molecule has 102 valence electrons. The summed E-state index contributed by atoms with van der Waals surface area (Å²) in [4.78, 5) is 0. The monoisotopic (exact) mass is 275 g/mol. The lowest BCUT2D eigenvalue weighted by molar-refractivity contribution is 0.298. The SMILES string of the molecule is Cc1ccc(F)c([C@@H](N)C2CCCCC2)c1F.Cl. The van der Waals surface area contributed by atoms with Gasteiger partial charge in [0.1, 0.15) is 11.6 Å². The van der Waals surface area contributed by atoms with Gasteiger partial charge in [-0.05, 0) is 37.3 Å². The minimum Gasteiger partial charge on any atom is -0.324 e. The van der Waals surface area contributed by atoms with Gasteiger partial charge in [-0.25, -0.2) is 8.78 Å². The van der Waals surface area contributed by atoms with Crippen LogP contribution in [0.2, 0.25) is 0 Å². The van der Waals surface area contributed by atoms with Crippen LogP contribution in [0.1, 0.15) is 49.3 Å². The van der Waals surface area contributed by atoms with Crippen LogP contribution in [0.5, 0.6) is 0 Å². The standard InChI is InChI=1S/C14H19F2N.ClH/c1-9-7-8-11(15)12(13(9)16)14(17)10-5-3-2-4-6-10;/h7-8,10,14H,2-6,17H2,1H3;1H/t14-;/m0./s1. The van der Waals surface area contributed by atoms with E-state index in [-0.39, 0.29) is 23.9 Å². The number of hydrogen-bond acceptors (Lipinski definition) is 1. The summed E-state index contributed by atoms with van der Waals surface area (Å²) in [5.74, 6) is -0.760. The van der Waals surface area contributed by atoms with Gasteiger partial charge in [-0.2, -0.15) is 0 Å². The Bertz CT molecular complexity index is 403. The van der Waals surface area contributed by atoms with E-state index in [1.807, 2.05) is 0 Å². The summed E-state index contributed by atoms with van der Waals surface area (Å²) in [5.41, 5.74) is 6.61. The molecule has 4 heteroatoms. The average Bonchev–Trinajstić information content (AvgIpc) is 2.35. The zero-order chi connectivity index (χ0) is 12.4. The second kappa shape index (κ2) is 6.48. The quantitative estimate of drug-likeness (QED) is 0.857. The number of halogens is 3. The fourth-order valence-electron chi connectivity index (χ4n) is 2.71. The minimum absolute atomic E-state index is 0. The molecular formula is C14H20ClF2N. The van der Waals surface area contributed by atoms with Crippen molar-refractivity contribution < 1.29 is 8.78 Å². The second-order valence-corrected chi connectivity index (χ2v) is 5.02. The van der Waals surface area contributed by atoms with Gasteiger partial charge in [0.05, 0.1) is 0 Å². The van der Waals surface area contributed by atoms with Gasteiger partial charge in [-0.1, -0.05) is 25.3 Å². The van der Waals surface area contributed by atoms with Crippen molar-refractivity contribution in [3.8, 4) is 0 Å². The van der Waals surface area contributed by atoms with Gasteiger partial charge in [0.25, 0.3) is 0 Å². The Morgan fingerprint density at radius 1 is 1.17 bits per heavy atom. The van der Waals surface area contributed by atoms with Crippen LogP contribution in [0, 0.1) is 24.5 Å². The van der Waals surface area contributed by atoms with Crippen molar-refractivity contribution in [2.45, 2.75) is 45.1 Å². The number of aryl methyl sites for hydroxylation is 1. The van der Waals surface area contributed by atoms with E-state index in [0.717, 1.165) is 25.7 Å². The van der Waals surface area contributed by atoms with Crippen molar-refractivity contribution in [1.29, 1.82) is 0 Å². The molecule has 2 rings (SSSR count). The van der Waals surface area contributed by atoms with Crippen LogP contribution in [-0.2, 0) is 0 Å². The third kappa shape index (κ3) is 3.01. The molecule has 0 saturated heterocycles. The smallest absolute Gasteiger partial charge is 0.133 e. The first-order valence-electron chi connectivity index (χ1n) is 6.31. The van der Waals surface area contributed by atoms with E-state index in [1.165, 1.54) is 18.6 Å². The van der Waals surface area contributed by atoms with Crippen molar-refractivity contribution in [2.75, 3.05) is 0 Å². The van der Waals surface area contributed by atoms with E-state index in [2.05, 4.69) is 0 Å². The molecule has 1 aliphatic rings. The fourth-order valence-corrected chi connectivity index (χ4v) is 2.71. The summed E-state index contributed by atoms with van der Waals surface area (Å²) in [6, 6.07) is 2.27. The lowest BCUT2D eigenvalue weighted by Crippen LogP contribution is -2.25. The highest BCUT2D eigenvalue weighted by molar-refractivity contribution is 5.85. The Morgan fingerprint density at radius 3 is 2.39 bits per heavy atom. The van der Waals surface area contributed by atoms with E-state index < -0.39 is 17.7 Å². The molecule has 0 aliphatic heterocycles. The summed E-state index contributed by atoms with van der Waals surface area (Å²) in [7, 11) is 0. The molecule has 1 aromatic carbocycles. The summed E-state index contributed by atoms with van der Waals surface area (Å²) >= 11 is 0. The largest absolute Gasteiger partial charge is 0.324 e. The van der Waals surface area contributed by atoms with Crippen molar-refractivity contribution in [3.05, 3.63) is 34.9 Å². The first-order valence-corrected chi connectivity index (χ1v) is 6.31. The molecule has 18 heavy (non-hydrogen) atoms. The van der Waals surface area contributed by atoms with Crippen LogP contribution in [0.3, 0.4) is 0 Å². The molecule has 1 nitrogen and oxygen atoms in total. The summed E-state index contributed by atoms with van der Waals surface area (Å²) in [5, 5.41) is 0. The van der Waals surface area contributed by atoms with Gasteiger partial charge >= 0.3 is 0 Å². The molecule has 1 fully saturated rings. The third-order valence-electron chi connectivity index (χ3n) is 3.81. The van der Waals surface area contributed by atoms with Crippen LogP contribution in [0.15, 0.2) is 12.1 Å². The first-order chi connectivity index (χ1) is 8.11. The zero-order valence-electron chi connectivity index (χ0n) is 10.6. The number of benzene rings is 1. The number of nitrogens with two attached hydrogens (primary N) is 1. The Balaban J connectivity index is 0.00000162. The fraction of sp³-hybridized carbons (Fsp3) is 0.571. The molecule has 0 amide bonds. The van der Waals surface area contributed by atoms with Gasteiger partial charge in [-0.3, -0.25) is 0 Å². The van der Waals surface area contributed by atoms with Gasteiger partial charge in [0, 0.05) is 11.6 Å². The molecule has 0 radical (unpaired) electrons. The van der Waals surface area contributed by atoms with Crippen LogP contribution < -0.4 is 5.73 Å². The van der Waals surface area contributed by atoms with Crippen LogP contribution in [0.25, 0.3) is 0 Å². The van der Waals surface area contributed by atoms with Crippen molar-refractivity contribution in [3.63, 3.8) is 0 Å². The third-order valence-corrected chi connectivity index (χ3v) is 3.81. The second-order valence-electron chi connectivity index (χ2n) is 5.02. The molecule has 2 N–H and O–H groups in total. The van der Waals surface area contributed by atoms with Crippen LogP contribution in [-0.4, -0.2) is 0 Å². The Hall–Kier alpha value is -0.670. The van der Waals surface area contributed by atoms with Gasteiger partial charge in [-0.15, -0.1) is 12.4 Å². The number of rotatable bonds is 2. The van der Waals surface area contributed by atoms with Crippen molar-refractivity contribution >= 4 is 12.4 Å². The lowest BCUT2D eigenvalue weighted by Gasteiger charge is -2.28. The molecule has 1 aliphatic carbocycles. The van der Waals surface area contributed by atoms with E-state index >= 15 is 0 Å². The molecular weight excluding hydrogens is 256 g/mol. The average molecular weight is 276 g/mol. The molecule has 0 bridgehead atoms. The van der Waals surface area contributed by atoms with Crippen molar-refractivity contribution in [1.82, 2.24) is 0 Å². The lowest BCUT2D eigenvalue weighted by atomic mass is 9.81. The summed E-state index contributed by atoms with van der Waals surface area (Å²) in [6.45, 7) is 1.64. The Morgan fingerprint density at radius 2 is 1.78 bits per heavy atom. The topological polar surface area (TPSA) is 26.0 Å². The van der Waals surface area contributed by atoms with Crippen LogP contribution in [0.4, 0.5) is 8.78 Å². The highest BCUT2D eigenvalue weighted by Gasteiger charge is 2.27. The van der Waals surface area contributed by atoms with Gasteiger partial charge in [0.2, 0.25) is 0 Å². The minimum atomic E-state index is -0.508. The highest BCUT2D eigenvalue weighted by Crippen LogP contribution is 2.35. The van der Waals surface area contributed by atoms with Gasteiger partial charge in [0.15, 0.2) is 0 Å². The van der Waals surface area contributed by atoms with E-state index in [0.29, 0.717) is 5.56 Å². The van der Waals surface area contributed by atoms with Gasteiger partial charge < -0.3 is 5.73 Å². The molecule has 0 heterocycles. The molecule has 1 aromatic rings. The maximum atomic E-state index is 13.9. The molecule has 1 saturated carbocycles. The maximum Gasteiger partial charge on any atom is 0.133 e. The Kier molecular flexibility index (Phi) is 5.54. The molecule has 0 aromatic heterocycles. The van der Waals surface area contributed by atoms with E-state index in [4.69, 9.17) is 5.73 Å². The Labute approximate surface area is 113 Å². The predicted octanol–water partition coefficient (Wildman–Crippen LogP) is 4.28. The molecule has 0 unspecified atom stereocenters. The normalized spacial score (nSPS) is 18.2. The first kappa shape index (κ1) is 15.4. The van der Waals surface area contributed by atoms with Crippen molar-refractivity contribution in [2.24, 2.45) is 11.7 Å². The predicted molar refractivity (Wildman–Crippen MR) is 71.8 cm³/mol. The summed E-state index contributed by atoms with van der Waals surface area (Å²) < 4.78 is 27.7. The maximum absolute atomic E-state index is 13.9. The number of hydrogen-bond donors (Lipinski definition) is 1. The highest BCUT2D eigenvalue weighted by atomic mass is 35.5. The summed E-state index contributed by atoms with van der Waals surface area (Å²) in [6.07, 6.45) is 5.41. The van der Waals surface area contributed by atoms with E-state index in [1.54, 1.807) is 6.92 Å². The van der Waals surface area contributed by atoms with E-state index in [9.17, 15) is 8.78 Å². The molecule has 0 spiro atoms. The molecule has 1 atom stereocenters. The zero-order valence-corrected chi connectivity index (χ0v) is 11.4. The van der Waals surface area contributed by atoms with Crippen LogP contribution >= 0.6 is 12.4 Å².